The molecule has 166 valence electrons. The van der Waals surface area contributed by atoms with Crippen LogP contribution in [0.25, 0.3) is 0 Å². The number of carboxylic acid groups (broad SMARTS) is 1. The second kappa shape index (κ2) is 9.04. The van der Waals surface area contributed by atoms with Gasteiger partial charge in [0, 0.05) is 37.4 Å². The van der Waals surface area contributed by atoms with E-state index in [9.17, 15) is 22.8 Å². The fraction of sp³-hybridized carbons (Fsp3) is 0.400. The standard InChI is InChI=1S/C18H19N3O2S.C2HF3O2/c22-16(14-2-1-7-19-12-14)20-8-4-18(5-9-20)6-10-21(17(18)23)15-3-11-24-13-15;3-2(4,5)1(6)7/h1-3,7,11-13H,4-6,8-10H2;(H,6,7). The fourth-order valence-electron chi connectivity index (χ4n) is 3.75. The number of amides is 2. The molecule has 7 nitrogen and oxygen atoms in total. The molecule has 2 aromatic heterocycles. The zero-order valence-corrected chi connectivity index (χ0v) is 17.2. The van der Waals surface area contributed by atoms with E-state index in [1.54, 1.807) is 35.9 Å². The summed E-state index contributed by atoms with van der Waals surface area (Å²) >= 11 is 1.61. The van der Waals surface area contributed by atoms with Crippen LogP contribution in [0, 0.1) is 5.41 Å². The molecule has 0 saturated carbocycles. The number of rotatable bonds is 2. The van der Waals surface area contributed by atoms with Crippen LogP contribution < -0.4 is 4.90 Å². The number of alkyl halides is 3. The molecule has 4 heterocycles. The first-order valence-electron chi connectivity index (χ1n) is 9.48. The summed E-state index contributed by atoms with van der Waals surface area (Å²) in [6.07, 6.45) is 0.567. The van der Waals surface area contributed by atoms with E-state index in [0.29, 0.717) is 18.7 Å². The molecule has 31 heavy (non-hydrogen) atoms. The number of aliphatic carboxylic acids is 1. The van der Waals surface area contributed by atoms with Gasteiger partial charge in [-0.3, -0.25) is 14.6 Å². The normalized spacial score (nSPS) is 18.0. The van der Waals surface area contributed by atoms with Crippen molar-refractivity contribution in [2.45, 2.75) is 25.4 Å². The van der Waals surface area contributed by atoms with Crippen LogP contribution in [0.3, 0.4) is 0 Å². The predicted molar refractivity (Wildman–Crippen MR) is 107 cm³/mol. The lowest BCUT2D eigenvalue weighted by molar-refractivity contribution is -0.192. The molecule has 0 bridgehead atoms. The molecule has 0 aromatic carbocycles. The molecular formula is C20H20F3N3O4S. The Labute approximate surface area is 180 Å². The van der Waals surface area contributed by atoms with Crippen LogP contribution in [-0.4, -0.2) is 58.6 Å². The molecule has 0 radical (unpaired) electrons. The van der Waals surface area contributed by atoms with Gasteiger partial charge in [-0.2, -0.15) is 24.5 Å². The van der Waals surface area contributed by atoms with E-state index in [4.69, 9.17) is 9.90 Å². The van der Waals surface area contributed by atoms with Crippen LogP contribution in [-0.2, 0) is 9.59 Å². The van der Waals surface area contributed by atoms with Gasteiger partial charge in [-0.15, -0.1) is 0 Å². The molecule has 2 saturated heterocycles. The molecule has 2 amide bonds. The van der Waals surface area contributed by atoms with Crippen LogP contribution in [0.1, 0.15) is 29.6 Å². The molecule has 0 aliphatic carbocycles. The molecule has 2 aliphatic rings. The highest BCUT2D eigenvalue weighted by Gasteiger charge is 2.49. The summed E-state index contributed by atoms with van der Waals surface area (Å²) < 4.78 is 31.7. The van der Waals surface area contributed by atoms with Crippen molar-refractivity contribution in [1.29, 1.82) is 0 Å². The van der Waals surface area contributed by atoms with Crippen LogP contribution in [0.2, 0.25) is 0 Å². The van der Waals surface area contributed by atoms with E-state index < -0.39 is 12.1 Å². The number of anilines is 1. The number of carbonyl (C=O) groups excluding carboxylic acids is 2. The van der Waals surface area contributed by atoms with E-state index in [1.807, 2.05) is 26.6 Å². The number of carboxylic acids is 1. The number of thiophene rings is 1. The fourth-order valence-corrected chi connectivity index (χ4v) is 4.39. The molecule has 1 N–H and O–H groups in total. The first-order valence-corrected chi connectivity index (χ1v) is 10.4. The number of carbonyl (C=O) groups is 3. The molecular weight excluding hydrogens is 435 g/mol. The van der Waals surface area contributed by atoms with Crippen molar-refractivity contribution < 1.29 is 32.7 Å². The maximum atomic E-state index is 12.9. The average Bonchev–Trinajstić information content (AvgIpc) is 3.38. The smallest absolute Gasteiger partial charge is 0.475 e. The molecule has 4 rings (SSSR count). The molecule has 11 heteroatoms. The lowest BCUT2D eigenvalue weighted by Crippen LogP contribution is -2.46. The van der Waals surface area contributed by atoms with Crippen molar-refractivity contribution in [3.05, 3.63) is 46.9 Å². The van der Waals surface area contributed by atoms with E-state index >= 15 is 0 Å². The van der Waals surface area contributed by atoms with Gasteiger partial charge in [0.1, 0.15) is 0 Å². The third-order valence-electron chi connectivity index (χ3n) is 5.49. The van der Waals surface area contributed by atoms with Crippen LogP contribution in [0.5, 0.6) is 0 Å². The Morgan fingerprint density at radius 3 is 2.29 bits per heavy atom. The summed E-state index contributed by atoms with van der Waals surface area (Å²) in [5, 5.41) is 11.2. The van der Waals surface area contributed by atoms with E-state index in [1.165, 1.54) is 0 Å². The van der Waals surface area contributed by atoms with Crippen LogP contribution >= 0.6 is 11.3 Å². The highest BCUT2D eigenvalue weighted by atomic mass is 32.1. The monoisotopic (exact) mass is 455 g/mol. The second-order valence-corrected chi connectivity index (χ2v) is 8.09. The minimum atomic E-state index is -5.08. The molecule has 2 aromatic rings. The predicted octanol–water partition coefficient (Wildman–Crippen LogP) is 3.44. The number of piperidine rings is 1. The van der Waals surface area contributed by atoms with Gasteiger partial charge in [-0.25, -0.2) is 4.79 Å². The van der Waals surface area contributed by atoms with Crippen molar-refractivity contribution in [3.8, 4) is 0 Å². The zero-order chi connectivity index (χ0) is 22.6. The maximum Gasteiger partial charge on any atom is 0.490 e. The highest BCUT2D eigenvalue weighted by Crippen LogP contribution is 2.43. The van der Waals surface area contributed by atoms with Gasteiger partial charge in [0.25, 0.3) is 5.91 Å². The zero-order valence-electron chi connectivity index (χ0n) is 16.3. The van der Waals surface area contributed by atoms with Crippen LogP contribution in [0.15, 0.2) is 41.4 Å². The third-order valence-corrected chi connectivity index (χ3v) is 6.16. The Balaban J connectivity index is 0.000000339. The first-order chi connectivity index (χ1) is 14.6. The van der Waals surface area contributed by atoms with Crippen molar-refractivity contribution in [3.63, 3.8) is 0 Å². The summed E-state index contributed by atoms with van der Waals surface area (Å²) in [5.74, 6) is -2.51. The van der Waals surface area contributed by atoms with Gasteiger partial charge in [0.05, 0.1) is 16.7 Å². The quantitative estimate of drug-likeness (QED) is 0.749. The molecule has 0 atom stereocenters. The summed E-state index contributed by atoms with van der Waals surface area (Å²) in [7, 11) is 0. The van der Waals surface area contributed by atoms with Crippen molar-refractivity contribution in [1.82, 2.24) is 9.88 Å². The van der Waals surface area contributed by atoms with Crippen molar-refractivity contribution in [2.24, 2.45) is 5.41 Å². The van der Waals surface area contributed by atoms with E-state index in [0.717, 1.165) is 31.5 Å². The summed E-state index contributed by atoms with van der Waals surface area (Å²) in [6, 6.07) is 5.57. The number of aromatic nitrogens is 1. The minimum Gasteiger partial charge on any atom is -0.475 e. The lowest BCUT2D eigenvalue weighted by Gasteiger charge is -2.37. The number of pyridine rings is 1. The van der Waals surface area contributed by atoms with E-state index in [2.05, 4.69) is 4.98 Å². The molecule has 1 spiro atoms. The number of nitrogens with zero attached hydrogens (tertiary/aromatic N) is 3. The Morgan fingerprint density at radius 1 is 1.13 bits per heavy atom. The summed E-state index contributed by atoms with van der Waals surface area (Å²) in [4.78, 5) is 42.1. The average molecular weight is 455 g/mol. The summed E-state index contributed by atoms with van der Waals surface area (Å²) in [5.41, 5.74) is 1.34. The Kier molecular flexibility index (Phi) is 6.63. The van der Waals surface area contributed by atoms with Gasteiger partial charge in [0.15, 0.2) is 0 Å². The number of halogens is 3. The third kappa shape index (κ3) is 5.04. The maximum absolute atomic E-state index is 12.9. The number of hydrogen-bond donors (Lipinski definition) is 1. The first kappa shape index (κ1) is 22.7. The Morgan fingerprint density at radius 2 is 1.77 bits per heavy atom. The van der Waals surface area contributed by atoms with Crippen molar-refractivity contribution >= 4 is 34.8 Å². The lowest BCUT2D eigenvalue weighted by atomic mass is 9.77. The highest BCUT2D eigenvalue weighted by molar-refractivity contribution is 7.08. The van der Waals surface area contributed by atoms with Gasteiger partial charge >= 0.3 is 12.1 Å². The topological polar surface area (TPSA) is 90.8 Å². The Bertz CT molecular complexity index is 927. The molecule has 2 aliphatic heterocycles. The molecule has 0 unspecified atom stereocenters. The molecule has 2 fully saturated rings. The van der Waals surface area contributed by atoms with E-state index in [-0.39, 0.29) is 17.2 Å². The van der Waals surface area contributed by atoms with Gasteiger partial charge in [-0.05, 0) is 42.8 Å². The number of hydrogen-bond acceptors (Lipinski definition) is 5. The SMILES string of the molecule is O=C(O)C(F)(F)F.O=C(c1cccnc1)N1CCC2(CC1)CCN(c1ccsc1)C2=O. The Hall–Kier alpha value is -2.95. The minimum absolute atomic E-state index is 0.0121. The largest absolute Gasteiger partial charge is 0.490 e. The van der Waals surface area contributed by atoms with Crippen molar-refractivity contribution in [2.75, 3.05) is 24.5 Å². The second-order valence-electron chi connectivity index (χ2n) is 7.31. The number of likely N-dealkylation sites (tertiary alicyclic amines) is 1. The van der Waals surface area contributed by atoms with Crippen LogP contribution in [0.4, 0.5) is 18.9 Å². The van der Waals surface area contributed by atoms with Gasteiger partial charge in [-0.1, -0.05) is 0 Å². The summed E-state index contributed by atoms with van der Waals surface area (Å²) in [6.45, 7) is 2.06. The van der Waals surface area contributed by atoms with Gasteiger partial charge in [0.2, 0.25) is 5.91 Å². The van der Waals surface area contributed by atoms with Gasteiger partial charge < -0.3 is 14.9 Å².